The molecule has 1 unspecified atom stereocenters. The summed E-state index contributed by atoms with van der Waals surface area (Å²) in [6, 6.07) is 7.00. The van der Waals surface area contributed by atoms with Crippen LogP contribution in [0.1, 0.15) is 19.7 Å². The Bertz CT molecular complexity index is 1200. The smallest absolute Gasteiger partial charge is 0.414 e. The molecular formula is C23H24FN5O5. The van der Waals surface area contributed by atoms with E-state index in [4.69, 9.17) is 19.6 Å². The van der Waals surface area contributed by atoms with Gasteiger partial charge in [0.2, 0.25) is 5.89 Å². The second-order valence-corrected chi connectivity index (χ2v) is 8.24. The van der Waals surface area contributed by atoms with Crippen molar-refractivity contribution in [2.24, 2.45) is 11.7 Å². The molecule has 1 aromatic carbocycles. The van der Waals surface area contributed by atoms with Crippen LogP contribution in [0.25, 0.3) is 22.7 Å². The highest BCUT2D eigenvalue weighted by Gasteiger charge is 2.34. The maximum atomic E-state index is 14.9. The largest absolute Gasteiger partial charge is 0.460 e. The molecule has 0 spiro atoms. The van der Waals surface area contributed by atoms with Gasteiger partial charge in [0.15, 0.2) is 6.10 Å². The van der Waals surface area contributed by atoms with Crippen molar-refractivity contribution >= 4 is 17.7 Å². The molecule has 1 aliphatic rings. The lowest BCUT2D eigenvalue weighted by Crippen LogP contribution is -2.38. The Labute approximate surface area is 194 Å². The fraction of sp³-hybridized carbons (Fsp3) is 0.348. The Hall–Kier alpha value is -3.86. The van der Waals surface area contributed by atoms with Crippen LogP contribution < -0.4 is 10.6 Å². The number of amides is 1. The zero-order chi connectivity index (χ0) is 24.4. The van der Waals surface area contributed by atoms with Crippen LogP contribution in [-0.2, 0) is 14.3 Å². The van der Waals surface area contributed by atoms with E-state index in [1.165, 1.54) is 17.2 Å². The highest BCUT2D eigenvalue weighted by molar-refractivity contribution is 5.90. The molecule has 0 radical (unpaired) electrons. The molecule has 1 saturated heterocycles. The van der Waals surface area contributed by atoms with Crippen molar-refractivity contribution in [1.82, 2.24) is 15.2 Å². The molecule has 1 fully saturated rings. The number of rotatable bonds is 7. The first-order chi connectivity index (χ1) is 16.2. The van der Waals surface area contributed by atoms with E-state index in [0.29, 0.717) is 28.4 Å². The maximum Gasteiger partial charge on any atom is 0.414 e. The topological polar surface area (TPSA) is 134 Å². The number of nitrogens with two attached hydrogens (primary N) is 1. The monoisotopic (exact) mass is 469 g/mol. The molecule has 10 nitrogen and oxygen atoms in total. The molecule has 0 aliphatic carbocycles. The van der Waals surface area contributed by atoms with Crippen LogP contribution in [0.3, 0.4) is 0 Å². The standard InChI is InChI=1S/C23H24FN5O5/c1-12(2)20(25)22(30)32-11-16-10-29(23(31)34-16)15-5-6-17(18(24)8-15)14-4-7-19(26-9-14)21-28-27-13(3)33-21/h4-9,12,16,20H,10-11,25H2,1-3H3/t16-,20?/m1/s1. The molecular weight excluding hydrogens is 445 g/mol. The van der Waals surface area contributed by atoms with Crippen LogP contribution >= 0.6 is 0 Å². The molecule has 3 heterocycles. The third-order valence-corrected chi connectivity index (χ3v) is 5.36. The van der Waals surface area contributed by atoms with Crippen molar-refractivity contribution in [1.29, 1.82) is 0 Å². The van der Waals surface area contributed by atoms with E-state index in [2.05, 4.69) is 15.2 Å². The van der Waals surface area contributed by atoms with Crippen LogP contribution in [-0.4, -0.2) is 52.5 Å². The molecule has 0 bridgehead atoms. The Balaban J connectivity index is 1.43. The highest BCUT2D eigenvalue weighted by atomic mass is 19.1. The van der Waals surface area contributed by atoms with Crippen molar-refractivity contribution in [3.05, 3.63) is 48.2 Å². The average molecular weight is 469 g/mol. The van der Waals surface area contributed by atoms with Gasteiger partial charge in [0, 0.05) is 24.2 Å². The van der Waals surface area contributed by atoms with Gasteiger partial charge in [-0.25, -0.2) is 9.18 Å². The summed E-state index contributed by atoms with van der Waals surface area (Å²) >= 11 is 0. The molecule has 4 rings (SSSR count). The minimum absolute atomic E-state index is 0.0777. The second kappa shape index (κ2) is 9.56. The van der Waals surface area contributed by atoms with Gasteiger partial charge in [-0.1, -0.05) is 19.9 Å². The zero-order valence-corrected chi connectivity index (χ0v) is 18.9. The first-order valence-corrected chi connectivity index (χ1v) is 10.7. The number of ether oxygens (including phenoxy) is 2. The first kappa shape index (κ1) is 23.3. The molecule has 178 valence electrons. The number of carbonyl (C=O) groups is 2. The maximum absolute atomic E-state index is 14.9. The Kier molecular flexibility index (Phi) is 6.55. The zero-order valence-electron chi connectivity index (χ0n) is 18.9. The number of carbonyl (C=O) groups excluding carboxylic acids is 2. The summed E-state index contributed by atoms with van der Waals surface area (Å²) in [4.78, 5) is 29.8. The minimum Gasteiger partial charge on any atom is -0.460 e. The number of esters is 1. The molecule has 2 aromatic heterocycles. The number of benzene rings is 1. The van der Waals surface area contributed by atoms with Crippen LogP contribution in [0.2, 0.25) is 0 Å². The number of pyridine rings is 1. The third-order valence-electron chi connectivity index (χ3n) is 5.36. The lowest BCUT2D eigenvalue weighted by molar-refractivity contribution is -0.148. The fourth-order valence-corrected chi connectivity index (χ4v) is 3.35. The minimum atomic E-state index is -0.755. The molecule has 11 heteroatoms. The predicted molar refractivity (Wildman–Crippen MR) is 119 cm³/mol. The van der Waals surface area contributed by atoms with E-state index in [1.807, 2.05) is 0 Å². The second-order valence-electron chi connectivity index (χ2n) is 8.24. The number of halogens is 1. The Morgan fingerprint density at radius 2 is 2.09 bits per heavy atom. The lowest BCUT2D eigenvalue weighted by Gasteiger charge is -2.16. The summed E-state index contributed by atoms with van der Waals surface area (Å²) < 4.78 is 30.7. The van der Waals surface area contributed by atoms with Crippen molar-refractivity contribution in [3.8, 4) is 22.7 Å². The van der Waals surface area contributed by atoms with E-state index in [0.717, 1.165) is 0 Å². The van der Waals surface area contributed by atoms with Gasteiger partial charge in [0.05, 0.1) is 12.2 Å². The van der Waals surface area contributed by atoms with Crippen molar-refractivity contribution in [3.63, 3.8) is 0 Å². The van der Waals surface area contributed by atoms with Crippen LogP contribution in [0.4, 0.5) is 14.9 Å². The highest BCUT2D eigenvalue weighted by Crippen LogP contribution is 2.29. The number of aromatic nitrogens is 3. The van der Waals surface area contributed by atoms with E-state index >= 15 is 0 Å². The number of cyclic esters (lactones) is 1. The molecule has 1 aliphatic heterocycles. The molecule has 1 amide bonds. The van der Waals surface area contributed by atoms with E-state index in [9.17, 15) is 14.0 Å². The van der Waals surface area contributed by atoms with Gasteiger partial charge in [-0.15, -0.1) is 10.2 Å². The predicted octanol–water partition coefficient (Wildman–Crippen LogP) is 3.10. The summed E-state index contributed by atoms with van der Waals surface area (Å²) in [7, 11) is 0. The number of anilines is 1. The molecule has 34 heavy (non-hydrogen) atoms. The molecule has 2 N–H and O–H groups in total. The van der Waals surface area contributed by atoms with E-state index < -0.39 is 30.0 Å². The van der Waals surface area contributed by atoms with Gasteiger partial charge >= 0.3 is 12.1 Å². The van der Waals surface area contributed by atoms with Gasteiger partial charge < -0.3 is 19.6 Å². The van der Waals surface area contributed by atoms with Crippen molar-refractivity contribution in [2.45, 2.75) is 32.9 Å². The first-order valence-electron chi connectivity index (χ1n) is 10.7. The van der Waals surface area contributed by atoms with Gasteiger partial charge in [0.1, 0.15) is 24.2 Å². The summed E-state index contributed by atoms with van der Waals surface area (Å²) in [6.45, 7) is 5.28. The summed E-state index contributed by atoms with van der Waals surface area (Å²) in [5, 5.41) is 7.67. The average Bonchev–Trinajstić information content (AvgIpc) is 3.42. The molecule has 2 atom stereocenters. The van der Waals surface area contributed by atoms with E-state index in [-0.39, 0.29) is 25.0 Å². The lowest BCUT2D eigenvalue weighted by atomic mass is 10.1. The fourth-order valence-electron chi connectivity index (χ4n) is 3.35. The third kappa shape index (κ3) is 4.88. The van der Waals surface area contributed by atoms with E-state index in [1.54, 1.807) is 45.0 Å². The summed E-state index contributed by atoms with van der Waals surface area (Å²) in [5.74, 6) is -0.479. The number of aryl methyl sites for hydroxylation is 1. The Morgan fingerprint density at radius 1 is 1.29 bits per heavy atom. The SMILES string of the molecule is Cc1nnc(-c2ccc(-c3ccc(N4C[C@H](COC(=O)C(N)C(C)C)OC4=O)cc3F)cn2)o1. The van der Waals surface area contributed by atoms with Crippen molar-refractivity contribution in [2.75, 3.05) is 18.1 Å². The number of hydrogen-bond donors (Lipinski definition) is 1. The number of hydrogen-bond acceptors (Lipinski definition) is 9. The van der Waals surface area contributed by atoms with Gasteiger partial charge in [-0.05, 0) is 30.2 Å². The molecule has 0 saturated carbocycles. The van der Waals surface area contributed by atoms with Crippen LogP contribution in [0.5, 0.6) is 0 Å². The number of nitrogens with zero attached hydrogens (tertiary/aromatic N) is 4. The van der Waals surface area contributed by atoms with Crippen LogP contribution in [0.15, 0.2) is 40.9 Å². The quantitative estimate of drug-likeness (QED) is 0.518. The Morgan fingerprint density at radius 3 is 2.71 bits per heavy atom. The van der Waals surface area contributed by atoms with Gasteiger partial charge in [-0.3, -0.25) is 14.7 Å². The summed E-state index contributed by atoms with van der Waals surface area (Å²) in [6.07, 6.45) is 0.175. The molecule has 3 aromatic rings. The van der Waals surface area contributed by atoms with Crippen molar-refractivity contribution < 1.29 is 27.9 Å². The normalized spacial score (nSPS) is 16.6. The summed E-state index contributed by atoms with van der Waals surface area (Å²) in [5.41, 5.74) is 7.41. The van der Waals surface area contributed by atoms with Gasteiger partial charge in [0.25, 0.3) is 5.89 Å². The van der Waals surface area contributed by atoms with Crippen LogP contribution in [0, 0.1) is 18.7 Å². The van der Waals surface area contributed by atoms with Gasteiger partial charge in [-0.2, -0.15) is 0 Å².